The van der Waals surface area contributed by atoms with Crippen LogP contribution in [0.5, 0.6) is 11.5 Å². The van der Waals surface area contributed by atoms with Crippen molar-refractivity contribution in [3.05, 3.63) is 23.8 Å². The van der Waals surface area contributed by atoms with Crippen LogP contribution in [0.4, 0.5) is 4.79 Å². The first kappa shape index (κ1) is 26.1. The maximum absolute atomic E-state index is 11.8. The average molecular weight is 534 g/mol. The van der Waals surface area contributed by atoms with Crippen molar-refractivity contribution < 1.29 is 19.0 Å². The molecule has 1 aromatic carbocycles. The molecule has 30 heavy (non-hydrogen) atoms. The monoisotopic (exact) mass is 534 g/mol. The van der Waals surface area contributed by atoms with Crippen molar-refractivity contribution in [2.45, 2.75) is 45.1 Å². The van der Waals surface area contributed by atoms with Gasteiger partial charge < -0.3 is 30.2 Å². The number of likely N-dealkylation sites (tertiary alicyclic amines) is 1. The van der Waals surface area contributed by atoms with Crippen LogP contribution >= 0.6 is 24.0 Å². The van der Waals surface area contributed by atoms with Crippen molar-refractivity contribution >= 4 is 36.0 Å². The van der Waals surface area contributed by atoms with Gasteiger partial charge in [-0.2, -0.15) is 0 Å². The summed E-state index contributed by atoms with van der Waals surface area (Å²) in [6.07, 6.45) is 1.38. The molecule has 1 aliphatic heterocycles. The highest BCUT2D eigenvalue weighted by Gasteiger charge is 2.25. The lowest BCUT2D eigenvalue weighted by molar-refractivity contribution is 0.0963. The minimum absolute atomic E-state index is 0. The molecule has 1 fully saturated rings. The Morgan fingerprint density at radius 3 is 2.43 bits per heavy atom. The Hall–Kier alpha value is -1.91. The summed E-state index contributed by atoms with van der Waals surface area (Å²) in [5.41, 5.74) is 6.99. The molecular formula is C21H35IN4O4. The molecule has 1 amide bonds. The highest BCUT2D eigenvalue weighted by atomic mass is 127. The number of nitrogens with zero attached hydrogens (tertiary/aromatic N) is 2. The van der Waals surface area contributed by atoms with E-state index in [-0.39, 0.29) is 41.5 Å². The summed E-state index contributed by atoms with van der Waals surface area (Å²) in [5, 5.41) is 3.28. The van der Waals surface area contributed by atoms with E-state index in [1.165, 1.54) is 0 Å². The Labute approximate surface area is 196 Å². The second-order valence-corrected chi connectivity index (χ2v) is 7.76. The molecule has 2 rings (SSSR count). The highest BCUT2D eigenvalue weighted by molar-refractivity contribution is 14.0. The van der Waals surface area contributed by atoms with Crippen LogP contribution in [-0.4, -0.2) is 63.5 Å². The van der Waals surface area contributed by atoms with Gasteiger partial charge in [-0.3, -0.25) is 4.99 Å². The number of hydrogen-bond acceptors (Lipinski definition) is 5. The van der Waals surface area contributed by atoms with Gasteiger partial charge in [0.2, 0.25) is 0 Å². The largest absolute Gasteiger partial charge is 0.493 e. The molecule has 0 saturated carbocycles. The predicted octanol–water partition coefficient (Wildman–Crippen LogP) is 3.12. The molecule has 0 radical (unpaired) electrons. The Kier molecular flexibility index (Phi) is 10.5. The minimum Gasteiger partial charge on any atom is -0.493 e. The summed E-state index contributed by atoms with van der Waals surface area (Å²) in [6.45, 7) is 8.27. The third-order valence-corrected chi connectivity index (χ3v) is 5.18. The first-order valence-electron chi connectivity index (χ1n) is 10.0. The molecular weight excluding hydrogens is 499 g/mol. The molecule has 8 nitrogen and oxygen atoms in total. The van der Waals surface area contributed by atoms with Crippen LogP contribution in [-0.2, 0) is 10.2 Å². The number of hydrogen-bond donors (Lipinski definition) is 2. The number of nitrogens with two attached hydrogens (primary N) is 1. The van der Waals surface area contributed by atoms with E-state index in [1.807, 2.05) is 25.1 Å². The molecule has 3 N–H and O–H groups in total. The molecule has 170 valence electrons. The standard InChI is InChI=1S/C21H34N4O4.HI/c1-6-29-20(26)25-11-9-16(10-12-25)24-19(22)23-14-21(2,3)15-7-8-17(27-4)18(13-15)28-5;/h7-8,13,16H,6,9-12,14H2,1-5H3,(H3,22,23,24);1H. The Bertz CT molecular complexity index is 719. The van der Waals surface area contributed by atoms with E-state index >= 15 is 0 Å². The molecule has 0 aliphatic carbocycles. The second-order valence-electron chi connectivity index (χ2n) is 7.76. The molecule has 1 heterocycles. The fourth-order valence-electron chi connectivity index (χ4n) is 3.31. The lowest BCUT2D eigenvalue weighted by atomic mass is 9.84. The van der Waals surface area contributed by atoms with Crippen LogP contribution in [0.2, 0.25) is 0 Å². The van der Waals surface area contributed by atoms with Gasteiger partial charge in [0, 0.05) is 24.5 Å². The summed E-state index contributed by atoms with van der Waals surface area (Å²) in [4.78, 5) is 18.1. The lowest BCUT2D eigenvalue weighted by Gasteiger charge is -2.32. The molecule has 1 saturated heterocycles. The van der Waals surface area contributed by atoms with E-state index in [9.17, 15) is 4.79 Å². The van der Waals surface area contributed by atoms with E-state index in [0.29, 0.717) is 43.7 Å². The van der Waals surface area contributed by atoms with Crippen molar-refractivity contribution in [1.29, 1.82) is 0 Å². The zero-order valence-electron chi connectivity index (χ0n) is 18.6. The normalized spacial score (nSPS) is 15.2. The summed E-state index contributed by atoms with van der Waals surface area (Å²) < 4.78 is 15.8. The Morgan fingerprint density at radius 2 is 1.87 bits per heavy atom. The third-order valence-electron chi connectivity index (χ3n) is 5.18. The fourth-order valence-corrected chi connectivity index (χ4v) is 3.31. The Morgan fingerprint density at radius 1 is 1.23 bits per heavy atom. The van der Waals surface area contributed by atoms with Crippen molar-refractivity contribution in [2.75, 3.05) is 40.5 Å². The van der Waals surface area contributed by atoms with Crippen molar-refractivity contribution in [1.82, 2.24) is 10.2 Å². The zero-order valence-corrected chi connectivity index (χ0v) is 20.9. The van der Waals surface area contributed by atoms with Gasteiger partial charge in [0.05, 0.1) is 27.4 Å². The fraction of sp³-hybridized carbons (Fsp3) is 0.619. The average Bonchev–Trinajstić information content (AvgIpc) is 2.72. The van der Waals surface area contributed by atoms with Gasteiger partial charge in [-0.05, 0) is 37.5 Å². The lowest BCUT2D eigenvalue weighted by Crippen LogP contribution is -2.48. The number of nitrogens with one attached hydrogen (secondary N) is 1. The van der Waals surface area contributed by atoms with Crippen LogP contribution in [0.1, 0.15) is 39.2 Å². The highest BCUT2D eigenvalue weighted by Crippen LogP contribution is 2.33. The first-order valence-corrected chi connectivity index (χ1v) is 10.0. The second kappa shape index (κ2) is 12.1. The molecule has 9 heteroatoms. The quantitative estimate of drug-likeness (QED) is 0.317. The maximum Gasteiger partial charge on any atom is 0.409 e. The summed E-state index contributed by atoms with van der Waals surface area (Å²) in [5.74, 6) is 1.82. The molecule has 1 aromatic rings. The van der Waals surface area contributed by atoms with Gasteiger partial charge in [-0.15, -0.1) is 24.0 Å². The zero-order chi connectivity index (χ0) is 21.4. The number of benzene rings is 1. The van der Waals surface area contributed by atoms with Gasteiger partial charge in [-0.1, -0.05) is 19.9 Å². The number of ether oxygens (including phenoxy) is 3. The van der Waals surface area contributed by atoms with Gasteiger partial charge in [0.25, 0.3) is 0 Å². The van der Waals surface area contributed by atoms with Gasteiger partial charge >= 0.3 is 6.09 Å². The van der Waals surface area contributed by atoms with Gasteiger partial charge in [0.15, 0.2) is 17.5 Å². The van der Waals surface area contributed by atoms with Crippen LogP contribution in [0.25, 0.3) is 0 Å². The van der Waals surface area contributed by atoms with Crippen LogP contribution in [0, 0.1) is 0 Å². The van der Waals surface area contributed by atoms with E-state index in [1.54, 1.807) is 19.1 Å². The van der Waals surface area contributed by atoms with Crippen LogP contribution < -0.4 is 20.5 Å². The Balaban J connectivity index is 0.00000450. The molecule has 0 aromatic heterocycles. The molecule has 0 bridgehead atoms. The topological polar surface area (TPSA) is 98.4 Å². The smallest absolute Gasteiger partial charge is 0.409 e. The maximum atomic E-state index is 11.8. The van der Waals surface area contributed by atoms with Crippen molar-refractivity contribution in [3.8, 4) is 11.5 Å². The summed E-state index contributed by atoms with van der Waals surface area (Å²) in [6, 6.07) is 6.10. The van der Waals surface area contributed by atoms with E-state index in [0.717, 1.165) is 18.4 Å². The number of amides is 1. The number of guanidine groups is 1. The number of methoxy groups -OCH3 is 2. The third kappa shape index (κ3) is 7.10. The van der Waals surface area contributed by atoms with E-state index < -0.39 is 0 Å². The number of aliphatic imine (C=N–C) groups is 1. The van der Waals surface area contributed by atoms with E-state index in [4.69, 9.17) is 19.9 Å². The minimum atomic E-state index is -0.246. The summed E-state index contributed by atoms with van der Waals surface area (Å²) >= 11 is 0. The number of piperidine rings is 1. The number of halogens is 1. The molecule has 0 atom stereocenters. The van der Waals surface area contributed by atoms with Crippen molar-refractivity contribution in [2.24, 2.45) is 10.7 Å². The molecule has 0 unspecified atom stereocenters. The van der Waals surface area contributed by atoms with E-state index in [2.05, 4.69) is 24.2 Å². The van der Waals surface area contributed by atoms with Crippen LogP contribution in [0.15, 0.2) is 23.2 Å². The van der Waals surface area contributed by atoms with Crippen LogP contribution in [0.3, 0.4) is 0 Å². The molecule has 0 spiro atoms. The van der Waals surface area contributed by atoms with Gasteiger partial charge in [0.1, 0.15) is 0 Å². The first-order chi connectivity index (χ1) is 13.8. The van der Waals surface area contributed by atoms with Crippen molar-refractivity contribution in [3.63, 3.8) is 0 Å². The number of carbonyl (C=O) groups excluding carboxylic acids is 1. The number of rotatable bonds is 7. The SMILES string of the molecule is CCOC(=O)N1CCC(NC(N)=NCC(C)(C)c2ccc(OC)c(OC)c2)CC1.I. The van der Waals surface area contributed by atoms with Gasteiger partial charge in [-0.25, -0.2) is 4.79 Å². The number of carbonyl (C=O) groups is 1. The summed E-state index contributed by atoms with van der Waals surface area (Å²) in [7, 11) is 3.25. The predicted molar refractivity (Wildman–Crippen MR) is 129 cm³/mol. The molecule has 1 aliphatic rings.